The Labute approximate surface area is 134 Å². The van der Waals surface area contributed by atoms with Gasteiger partial charge in [-0.2, -0.15) is 0 Å². The maximum absolute atomic E-state index is 12.0. The van der Waals surface area contributed by atoms with Crippen molar-refractivity contribution in [2.45, 2.75) is 13.3 Å². The molecule has 0 aliphatic rings. The molecule has 0 aliphatic carbocycles. The minimum absolute atomic E-state index is 0.306. The van der Waals surface area contributed by atoms with Crippen molar-refractivity contribution < 1.29 is 4.79 Å². The molecule has 0 saturated heterocycles. The average Bonchev–Trinajstić information content (AvgIpc) is 2.85. The minimum atomic E-state index is -0.348. The van der Waals surface area contributed by atoms with Crippen LogP contribution in [0, 0.1) is 0 Å². The molecule has 1 aromatic carbocycles. The number of nitrogens with zero attached hydrogens (tertiary/aromatic N) is 2. The fourth-order valence-corrected chi connectivity index (χ4v) is 3.01. The Morgan fingerprint density at radius 2 is 1.95 bits per heavy atom. The molecule has 20 heavy (non-hydrogen) atoms. The van der Waals surface area contributed by atoms with Crippen LogP contribution < -0.4 is 10.9 Å². The lowest BCUT2D eigenvalue weighted by Crippen LogP contribution is -2.29. The number of hydrazine groups is 1. The molecule has 106 valence electrons. The van der Waals surface area contributed by atoms with Crippen LogP contribution >= 0.6 is 46.3 Å². The van der Waals surface area contributed by atoms with Crippen LogP contribution in [-0.2, 0) is 6.42 Å². The molecule has 1 aromatic heterocycles. The molecule has 0 atom stereocenters. The van der Waals surface area contributed by atoms with Crippen molar-refractivity contribution in [3.05, 3.63) is 37.8 Å². The third kappa shape index (κ3) is 3.32. The van der Waals surface area contributed by atoms with E-state index < -0.39 is 0 Å². The summed E-state index contributed by atoms with van der Waals surface area (Å²) in [6.07, 6.45) is 0.627. The first kappa shape index (κ1) is 15.3. The zero-order valence-electron chi connectivity index (χ0n) is 10.2. The van der Waals surface area contributed by atoms with Crippen molar-refractivity contribution in [2.24, 2.45) is 0 Å². The van der Waals surface area contributed by atoms with Crippen molar-refractivity contribution in [3.8, 4) is 0 Å². The molecule has 2 aromatic rings. The van der Waals surface area contributed by atoms with Gasteiger partial charge in [0.15, 0.2) is 0 Å². The van der Waals surface area contributed by atoms with Crippen LogP contribution in [0.15, 0.2) is 12.1 Å². The molecule has 0 spiro atoms. The Bertz CT molecular complexity index is 623. The van der Waals surface area contributed by atoms with Crippen LogP contribution in [0.3, 0.4) is 0 Å². The Hall–Kier alpha value is -1.08. The number of aromatic nitrogens is 2. The SMILES string of the molecule is CCc1nnsc1C(=O)NNc1c(Cl)cc(Cl)cc1Cl. The van der Waals surface area contributed by atoms with Gasteiger partial charge in [0.1, 0.15) is 4.88 Å². The van der Waals surface area contributed by atoms with Gasteiger partial charge in [-0.25, -0.2) is 0 Å². The number of carbonyl (C=O) groups is 1. The van der Waals surface area contributed by atoms with Gasteiger partial charge < -0.3 is 0 Å². The quantitative estimate of drug-likeness (QED) is 0.822. The second kappa shape index (κ2) is 6.58. The van der Waals surface area contributed by atoms with Crippen LogP contribution in [0.25, 0.3) is 0 Å². The van der Waals surface area contributed by atoms with E-state index >= 15 is 0 Å². The van der Waals surface area contributed by atoms with Gasteiger partial charge in [0.25, 0.3) is 5.91 Å². The number of carbonyl (C=O) groups excluding carboxylic acids is 1. The first-order valence-electron chi connectivity index (χ1n) is 5.55. The molecule has 0 saturated carbocycles. The Morgan fingerprint density at radius 3 is 2.55 bits per heavy atom. The van der Waals surface area contributed by atoms with Crippen LogP contribution in [0.5, 0.6) is 0 Å². The molecule has 5 nitrogen and oxygen atoms in total. The summed E-state index contributed by atoms with van der Waals surface area (Å²) in [5.74, 6) is -0.348. The lowest BCUT2D eigenvalue weighted by molar-refractivity contribution is 0.0965. The molecule has 9 heteroatoms. The van der Waals surface area contributed by atoms with Crippen LogP contribution in [-0.4, -0.2) is 15.5 Å². The summed E-state index contributed by atoms with van der Waals surface area (Å²) in [6.45, 7) is 1.90. The summed E-state index contributed by atoms with van der Waals surface area (Å²) < 4.78 is 3.75. The summed E-state index contributed by atoms with van der Waals surface area (Å²) in [5, 5.41) is 4.89. The fourth-order valence-electron chi connectivity index (χ4n) is 1.45. The van der Waals surface area contributed by atoms with E-state index in [0.717, 1.165) is 11.5 Å². The first-order valence-corrected chi connectivity index (χ1v) is 7.45. The van der Waals surface area contributed by atoms with E-state index in [0.29, 0.717) is 37.7 Å². The summed E-state index contributed by atoms with van der Waals surface area (Å²) in [4.78, 5) is 12.4. The van der Waals surface area contributed by atoms with Gasteiger partial charge in [-0.1, -0.05) is 46.2 Å². The van der Waals surface area contributed by atoms with Crippen LogP contribution in [0.2, 0.25) is 15.1 Å². The molecule has 2 N–H and O–H groups in total. The zero-order chi connectivity index (χ0) is 14.7. The van der Waals surface area contributed by atoms with E-state index in [1.807, 2.05) is 6.92 Å². The third-order valence-corrected chi connectivity index (χ3v) is 3.99. The molecule has 0 unspecified atom stereocenters. The molecule has 0 fully saturated rings. The fraction of sp³-hybridized carbons (Fsp3) is 0.182. The highest BCUT2D eigenvalue weighted by Crippen LogP contribution is 2.33. The van der Waals surface area contributed by atoms with Gasteiger partial charge in [0.05, 0.1) is 21.4 Å². The van der Waals surface area contributed by atoms with Crippen molar-refractivity contribution in [3.63, 3.8) is 0 Å². The van der Waals surface area contributed by atoms with Gasteiger partial charge in [-0.3, -0.25) is 15.6 Å². The van der Waals surface area contributed by atoms with Crippen molar-refractivity contribution >= 4 is 57.9 Å². The summed E-state index contributed by atoms with van der Waals surface area (Å²) >= 11 is 18.8. The number of benzene rings is 1. The Morgan fingerprint density at radius 1 is 1.30 bits per heavy atom. The molecule has 0 bridgehead atoms. The largest absolute Gasteiger partial charge is 0.295 e. The second-order valence-corrected chi connectivity index (χ2v) is 5.73. The highest BCUT2D eigenvalue weighted by atomic mass is 35.5. The average molecular weight is 352 g/mol. The smallest absolute Gasteiger partial charge is 0.283 e. The van der Waals surface area contributed by atoms with E-state index in [4.69, 9.17) is 34.8 Å². The number of hydrogen-bond acceptors (Lipinski definition) is 5. The zero-order valence-corrected chi connectivity index (χ0v) is 13.3. The maximum Gasteiger partial charge on any atom is 0.283 e. The van der Waals surface area contributed by atoms with E-state index in [9.17, 15) is 4.79 Å². The molecular formula is C11H9Cl3N4OS. The summed E-state index contributed by atoms with van der Waals surface area (Å²) in [7, 11) is 0. The number of anilines is 1. The number of amides is 1. The first-order chi connectivity index (χ1) is 9.52. The van der Waals surface area contributed by atoms with E-state index in [1.165, 1.54) is 12.1 Å². The Balaban J connectivity index is 2.11. The number of nitrogens with one attached hydrogen (secondary N) is 2. The number of aryl methyl sites for hydroxylation is 1. The maximum atomic E-state index is 12.0. The van der Waals surface area contributed by atoms with E-state index in [1.54, 1.807) is 0 Å². The van der Waals surface area contributed by atoms with Gasteiger partial charge in [-0.15, -0.1) is 5.10 Å². The van der Waals surface area contributed by atoms with Crippen LogP contribution in [0.4, 0.5) is 5.69 Å². The van der Waals surface area contributed by atoms with Gasteiger partial charge >= 0.3 is 0 Å². The lowest BCUT2D eigenvalue weighted by Gasteiger charge is -2.11. The van der Waals surface area contributed by atoms with Gasteiger partial charge in [0, 0.05) is 5.02 Å². The van der Waals surface area contributed by atoms with Crippen molar-refractivity contribution in [1.82, 2.24) is 15.0 Å². The number of halogens is 3. The lowest BCUT2D eigenvalue weighted by atomic mass is 10.3. The molecular weight excluding hydrogens is 343 g/mol. The Kier molecular flexibility index (Phi) is 5.04. The highest BCUT2D eigenvalue weighted by Gasteiger charge is 2.15. The normalized spacial score (nSPS) is 10.4. The molecule has 0 aliphatic heterocycles. The third-order valence-electron chi connectivity index (χ3n) is 2.40. The number of rotatable bonds is 4. The molecule has 1 amide bonds. The second-order valence-electron chi connectivity index (χ2n) is 3.73. The molecule has 1 heterocycles. The predicted octanol–water partition coefficient (Wildman–Crippen LogP) is 3.82. The topological polar surface area (TPSA) is 66.9 Å². The van der Waals surface area contributed by atoms with Crippen LogP contribution in [0.1, 0.15) is 22.3 Å². The molecule has 0 radical (unpaired) electrons. The van der Waals surface area contributed by atoms with Crippen molar-refractivity contribution in [1.29, 1.82) is 0 Å². The number of hydrogen-bond donors (Lipinski definition) is 2. The monoisotopic (exact) mass is 350 g/mol. The predicted molar refractivity (Wildman–Crippen MR) is 81.8 cm³/mol. The minimum Gasteiger partial charge on any atom is -0.295 e. The van der Waals surface area contributed by atoms with E-state index in [-0.39, 0.29) is 5.91 Å². The summed E-state index contributed by atoms with van der Waals surface area (Å²) in [5.41, 5.74) is 6.20. The van der Waals surface area contributed by atoms with E-state index in [2.05, 4.69) is 20.4 Å². The standard InChI is InChI=1S/C11H9Cl3N4OS/c1-2-8-10(20-18-15-8)11(19)17-16-9-6(13)3-5(12)4-7(9)14/h3-4,16H,2H2,1H3,(H,17,19). The molecule has 2 rings (SSSR count). The highest BCUT2D eigenvalue weighted by molar-refractivity contribution is 7.08. The van der Waals surface area contributed by atoms with Crippen molar-refractivity contribution in [2.75, 3.05) is 5.43 Å². The summed E-state index contributed by atoms with van der Waals surface area (Å²) in [6, 6.07) is 3.05. The van der Waals surface area contributed by atoms with Gasteiger partial charge in [0.2, 0.25) is 0 Å². The van der Waals surface area contributed by atoms with Gasteiger partial charge in [-0.05, 0) is 30.1 Å².